The summed E-state index contributed by atoms with van der Waals surface area (Å²) in [6, 6.07) is 0. The molecule has 0 amide bonds. The summed E-state index contributed by atoms with van der Waals surface area (Å²) in [6.07, 6.45) is 6.52. The zero-order valence-corrected chi connectivity index (χ0v) is 11.5. The summed E-state index contributed by atoms with van der Waals surface area (Å²) >= 11 is 0. The molecule has 0 aromatic rings. The minimum atomic E-state index is -3.37. The van der Waals surface area contributed by atoms with E-state index < -0.39 is 8.25 Å². The largest absolute Gasteiger partial charge is 3.00 e. The fraction of sp³-hybridized carbons (Fsp3) is 0.857. The third-order valence-electron chi connectivity index (χ3n) is 1.10. The molecule has 0 saturated heterocycles. The van der Waals surface area contributed by atoms with Gasteiger partial charge in [0.1, 0.15) is 0 Å². The maximum absolute atomic E-state index is 8.48. The fourth-order valence-electron chi connectivity index (χ4n) is 0.604. The molecule has 0 heterocycles. The molecule has 0 aliphatic heterocycles. The zero-order chi connectivity index (χ0) is 9.11. The van der Waals surface area contributed by atoms with E-state index in [1.807, 2.05) is 0 Å². The van der Waals surface area contributed by atoms with Crippen molar-refractivity contribution in [3.8, 4) is 0 Å². The standard InChI is InChI=1S/C7H15.Nd.HO3P/c1-3-5-7-6-4-2;;1-4(2)3/h1,3-7H2,2H3;;(H,1,2,3)/q-1;+3;/p-1. The molecule has 12 heavy (non-hydrogen) atoms. The van der Waals surface area contributed by atoms with Crippen LogP contribution in [0.25, 0.3) is 0 Å². The van der Waals surface area contributed by atoms with Crippen molar-refractivity contribution in [2.75, 3.05) is 0 Å². The summed E-state index contributed by atoms with van der Waals surface area (Å²) in [4.78, 5) is 17.0. The normalized spacial score (nSPS) is 7.67. The smallest absolute Gasteiger partial charge is 0.598 e. The molecular formula is C7H15NdO3P+. The first-order chi connectivity index (χ1) is 5.15. The number of hydrogen-bond acceptors (Lipinski definition) is 3. The molecule has 0 bridgehead atoms. The van der Waals surface area contributed by atoms with E-state index in [1.165, 1.54) is 25.7 Å². The van der Waals surface area contributed by atoms with Gasteiger partial charge in [0.05, 0.1) is 0 Å². The molecule has 0 N–H and O–H groups in total. The van der Waals surface area contributed by atoms with Crippen LogP contribution in [-0.4, -0.2) is 0 Å². The van der Waals surface area contributed by atoms with E-state index in [0.717, 1.165) is 6.42 Å². The summed E-state index contributed by atoms with van der Waals surface area (Å²) in [6.45, 7) is 5.98. The van der Waals surface area contributed by atoms with Crippen LogP contribution in [0.2, 0.25) is 0 Å². The van der Waals surface area contributed by atoms with Gasteiger partial charge in [0.2, 0.25) is 0 Å². The Bertz CT molecular complexity index is 82.7. The van der Waals surface area contributed by atoms with Gasteiger partial charge in [-0.25, -0.2) is 0 Å². The van der Waals surface area contributed by atoms with Crippen LogP contribution in [-0.2, 0) is 4.57 Å². The van der Waals surface area contributed by atoms with Crippen molar-refractivity contribution >= 4 is 8.25 Å². The van der Waals surface area contributed by atoms with E-state index in [-0.39, 0.29) is 40.8 Å². The molecule has 0 spiro atoms. The Balaban J connectivity index is -0.000000142. The number of unbranched alkanes of at least 4 members (excludes halogenated alkanes) is 4. The minimum Gasteiger partial charge on any atom is -0.598 e. The van der Waals surface area contributed by atoms with Gasteiger partial charge in [0.15, 0.2) is 0 Å². The zero-order valence-electron chi connectivity index (χ0n) is 7.41. The van der Waals surface area contributed by atoms with E-state index >= 15 is 0 Å². The number of hydrogen-bond donors (Lipinski definition) is 0. The Labute approximate surface area is 108 Å². The van der Waals surface area contributed by atoms with Gasteiger partial charge < -0.3 is 16.7 Å². The van der Waals surface area contributed by atoms with Crippen LogP contribution in [0.4, 0.5) is 0 Å². The second-order valence-electron chi connectivity index (χ2n) is 2.14. The summed E-state index contributed by atoms with van der Waals surface area (Å²) < 4.78 is 8.48. The fourth-order valence-corrected chi connectivity index (χ4v) is 0.604. The van der Waals surface area contributed by atoms with Gasteiger partial charge >= 0.3 is 40.8 Å². The van der Waals surface area contributed by atoms with Crippen LogP contribution < -0.4 is 9.79 Å². The third kappa shape index (κ3) is 42.4. The summed E-state index contributed by atoms with van der Waals surface area (Å²) in [5.41, 5.74) is 0. The first-order valence-corrected chi connectivity index (χ1v) is 4.85. The van der Waals surface area contributed by atoms with Crippen LogP contribution in [0.3, 0.4) is 0 Å². The van der Waals surface area contributed by atoms with E-state index in [9.17, 15) is 0 Å². The second kappa shape index (κ2) is 18.2. The van der Waals surface area contributed by atoms with Gasteiger partial charge in [0, 0.05) is 0 Å². The van der Waals surface area contributed by atoms with Crippen molar-refractivity contribution in [2.45, 2.75) is 39.0 Å². The number of rotatable bonds is 4. The van der Waals surface area contributed by atoms with E-state index in [4.69, 9.17) is 14.4 Å². The Morgan fingerprint density at radius 2 is 1.67 bits per heavy atom. The summed E-state index contributed by atoms with van der Waals surface area (Å²) in [5.74, 6) is 0. The van der Waals surface area contributed by atoms with Gasteiger partial charge in [-0.3, -0.25) is 0 Å². The van der Waals surface area contributed by atoms with Crippen LogP contribution in [0.15, 0.2) is 0 Å². The SMILES string of the molecule is O=[P+]([O-])[O-].[CH2-]CCCCCC.[Nd+3]. The molecule has 3 nitrogen and oxygen atoms in total. The predicted octanol–water partition coefficient (Wildman–Crippen LogP) is 1.16. The second-order valence-corrected chi connectivity index (χ2v) is 2.59. The van der Waals surface area contributed by atoms with Crippen molar-refractivity contribution in [3.63, 3.8) is 0 Å². The molecule has 0 rings (SSSR count). The van der Waals surface area contributed by atoms with Gasteiger partial charge in [-0.1, -0.05) is 37.2 Å². The molecule has 0 unspecified atom stereocenters. The van der Waals surface area contributed by atoms with Gasteiger partial charge in [-0.2, -0.15) is 6.42 Å². The van der Waals surface area contributed by atoms with Gasteiger partial charge in [-0.05, 0) is 0 Å². The Morgan fingerprint density at radius 3 is 1.92 bits per heavy atom. The first kappa shape index (κ1) is 19.0. The molecule has 0 aromatic carbocycles. The van der Waals surface area contributed by atoms with Crippen molar-refractivity contribution in [1.29, 1.82) is 0 Å². The first-order valence-electron chi connectivity index (χ1n) is 3.75. The average Bonchev–Trinajstić information content (AvgIpc) is 1.88. The maximum atomic E-state index is 8.48. The molecule has 1 radical (unpaired) electrons. The molecule has 69 valence electrons. The predicted molar refractivity (Wildman–Crippen MR) is 41.7 cm³/mol. The average molecular weight is 322 g/mol. The molecule has 0 saturated carbocycles. The minimum absolute atomic E-state index is 0. The quantitative estimate of drug-likeness (QED) is 0.443. The Hall–Kier alpha value is 1.37. The van der Waals surface area contributed by atoms with Crippen LogP contribution in [0, 0.1) is 47.8 Å². The molecule has 5 heteroatoms. The summed E-state index contributed by atoms with van der Waals surface area (Å²) in [7, 11) is -3.37. The molecule has 0 fully saturated rings. The molecular weight excluding hydrogens is 307 g/mol. The van der Waals surface area contributed by atoms with Crippen molar-refractivity contribution < 1.29 is 55.2 Å². The van der Waals surface area contributed by atoms with Gasteiger partial charge in [-0.15, -0.1) is 0 Å². The molecule has 0 aliphatic rings. The van der Waals surface area contributed by atoms with Crippen LogP contribution in [0.1, 0.15) is 39.0 Å². The topological polar surface area (TPSA) is 63.2 Å². The van der Waals surface area contributed by atoms with Crippen molar-refractivity contribution in [2.24, 2.45) is 0 Å². The summed E-state index contributed by atoms with van der Waals surface area (Å²) in [5, 5.41) is 0. The van der Waals surface area contributed by atoms with E-state index in [1.54, 1.807) is 0 Å². The Morgan fingerprint density at radius 1 is 1.25 bits per heavy atom. The monoisotopic (exact) mass is 320 g/mol. The van der Waals surface area contributed by atoms with Gasteiger partial charge in [0.25, 0.3) is 8.25 Å². The van der Waals surface area contributed by atoms with E-state index in [0.29, 0.717) is 0 Å². The third-order valence-corrected chi connectivity index (χ3v) is 1.10. The van der Waals surface area contributed by atoms with E-state index in [2.05, 4.69) is 13.8 Å². The van der Waals surface area contributed by atoms with Crippen LogP contribution in [0.5, 0.6) is 0 Å². The van der Waals surface area contributed by atoms with Crippen LogP contribution >= 0.6 is 8.25 Å². The maximum Gasteiger partial charge on any atom is 3.00 e. The molecule has 0 aromatic heterocycles. The Kier molecular flexibility index (Phi) is 28.9. The van der Waals surface area contributed by atoms with Crippen molar-refractivity contribution in [3.05, 3.63) is 6.92 Å². The molecule has 0 atom stereocenters. The van der Waals surface area contributed by atoms with Crippen molar-refractivity contribution in [1.82, 2.24) is 0 Å². The molecule has 0 aliphatic carbocycles.